The molecule has 0 saturated carbocycles. The van der Waals surface area contributed by atoms with Crippen molar-refractivity contribution in [2.45, 2.75) is 26.2 Å². The number of carbonyl (C=O) groups is 2. The number of non-ortho nitro benzene ring substituents is 1. The SMILES string of the molecule is COc1ccc(-n2nc(C(C)(C)C)cc2NC(=O)CN(C)C(=O)c2cccc([N+](=O)[O-])c2)cc1. The Bertz CT molecular complexity index is 1210. The van der Waals surface area contributed by atoms with Crippen molar-refractivity contribution in [3.8, 4) is 11.4 Å². The Hall–Kier alpha value is -4.21. The maximum Gasteiger partial charge on any atom is 0.270 e. The van der Waals surface area contributed by atoms with Gasteiger partial charge in [-0.2, -0.15) is 5.10 Å². The van der Waals surface area contributed by atoms with Crippen LogP contribution in [0, 0.1) is 10.1 Å². The van der Waals surface area contributed by atoms with Gasteiger partial charge in [0.05, 0.1) is 30.0 Å². The van der Waals surface area contributed by atoms with Crippen LogP contribution < -0.4 is 10.1 Å². The van der Waals surface area contributed by atoms with E-state index in [-0.39, 0.29) is 23.2 Å². The maximum atomic E-state index is 12.8. The third-order valence-corrected chi connectivity index (χ3v) is 5.09. The summed E-state index contributed by atoms with van der Waals surface area (Å²) in [4.78, 5) is 37.1. The molecule has 1 aromatic heterocycles. The lowest BCUT2D eigenvalue weighted by Crippen LogP contribution is -2.35. The van der Waals surface area contributed by atoms with Crippen molar-refractivity contribution in [1.29, 1.82) is 0 Å². The number of hydrogen-bond donors (Lipinski definition) is 1. The highest BCUT2D eigenvalue weighted by Gasteiger charge is 2.23. The molecule has 3 aromatic rings. The number of hydrogen-bond acceptors (Lipinski definition) is 6. The first kappa shape index (κ1) is 24.4. The molecule has 10 heteroatoms. The molecule has 0 radical (unpaired) electrons. The molecule has 0 bridgehead atoms. The Labute approximate surface area is 197 Å². The lowest BCUT2D eigenvalue weighted by atomic mass is 9.92. The van der Waals surface area contributed by atoms with Gasteiger partial charge in [0.1, 0.15) is 11.6 Å². The predicted molar refractivity (Wildman–Crippen MR) is 128 cm³/mol. The van der Waals surface area contributed by atoms with Crippen LogP contribution >= 0.6 is 0 Å². The topological polar surface area (TPSA) is 120 Å². The lowest BCUT2D eigenvalue weighted by molar-refractivity contribution is -0.384. The van der Waals surface area contributed by atoms with Gasteiger partial charge in [-0.15, -0.1) is 0 Å². The van der Waals surface area contributed by atoms with Crippen LogP contribution in [0.4, 0.5) is 11.5 Å². The molecule has 34 heavy (non-hydrogen) atoms. The second-order valence-electron chi connectivity index (χ2n) is 8.79. The number of anilines is 1. The van der Waals surface area contributed by atoms with Gasteiger partial charge in [0.25, 0.3) is 11.6 Å². The fourth-order valence-electron chi connectivity index (χ4n) is 3.20. The molecule has 0 fully saturated rings. The molecule has 1 heterocycles. The van der Waals surface area contributed by atoms with Gasteiger partial charge in [-0.3, -0.25) is 19.7 Å². The summed E-state index contributed by atoms with van der Waals surface area (Å²) in [6.07, 6.45) is 0. The van der Waals surface area contributed by atoms with Gasteiger partial charge < -0.3 is 15.0 Å². The number of ether oxygens (including phenoxy) is 1. The number of benzene rings is 2. The summed E-state index contributed by atoms with van der Waals surface area (Å²) >= 11 is 0. The summed E-state index contributed by atoms with van der Waals surface area (Å²) < 4.78 is 6.83. The number of aromatic nitrogens is 2. The van der Waals surface area contributed by atoms with Gasteiger partial charge in [-0.05, 0) is 30.3 Å². The van der Waals surface area contributed by atoms with Crippen LogP contribution in [0.5, 0.6) is 5.75 Å². The maximum absolute atomic E-state index is 12.8. The van der Waals surface area contributed by atoms with E-state index in [4.69, 9.17) is 4.74 Å². The van der Waals surface area contributed by atoms with Crippen LogP contribution in [0.15, 0.2) is 54.6 Å². The van der Waals surface area contributed by atoms with Crippen molar-refractivity contribution in [2.24, 2.45) is 0 Å². The molecule has 1 N–H and O–H groups in total. The van der Waals surface area contributed by atoms with Crippen molar-refractivity contribution in [2.75, 3.05) is 26.0 Å². The molecular weight excluding hydrogens is 438 g/mol. The van der Waals surface area contributed by atoms with Gasteiger partial charge in [0, 0.05) is 36.2 Å². The molecular formula is C24H27N5O5. The number of nitrogens with one attached hydrogen (secondary N) is 1. The van der Waals surface area contributed by atoms with E-state index in [1.165, 1.54) is 36.2 Å². The molecule has 3 rings (SSSR count). The Balaban J connectivity index is 1.80. The largest absolute Gasteiger partial charge is 0.497 e. The molecule has 0 atom stereocenters. The van der Waals surface area contributed by atoms with Crippen molar-refractivity contribution >= 4 is 23.3 Å². The van der Waals surface area contributed by atoms with Crippen LogP contribution in [0.1, 0.15) is 36.8 Å². The zero-order valence-corrected chi connectivity index (χ0v) is 19.7. The summed E-state index contributed by atoms with van der Waals surface area (Å²) in [5.74, 6) is 0.212. The fourth-order valence-corrected chi connectivity index (χ4v) is 3.20. The van der Waals surface area contributed by atoms with Crippen LogP contribution in [0.25, 0.3) is 5.69 Å². The van der Waals surface area contributed by atoms with Crippen LogP contribution in [0.2, 0.25) is 0 Å². The lowest BCUT2D eigenvalue weighted by Gasteiger charge is -2.17. The number of rotatable bonds is 7. The van der Waals surface area contributed by atoms with E-state index in [0.29, 0.717) is 11.6 Å². The van der Waals surface area contributed by atoms with Gasteiger partial charge in [0.15, 0.2) is 0 Å². The van der Waals surface area contributed by atoms with Gasteiger partial charge in [-0.1, -0.05) is 26.8 Å². The number of amides is 2. The number of nitro benzene ring substituents is 1. The van der Waals surface area contributed by atoms with Crippen LogP contribution in [-0.4, -0.2) is 52.1 Å². The summed E-state index contributed by atoms with van der Waals surface area (Å²) in [6.45, 7) is 5.81. The minimum Gasteiger partial charge on any atom is -0.497 e. The normalized spacial score (nSPS) is 11.1. The quantitative estimate of drug-likeness (QED) is 0.419. The summed E-state index contributed by atoms with van der Waals surface area (Å²) in [5.41, 5.74) is 1.18. The Morgan fingerprint density at radius 1 is 1.15 bits per heavy atom. The standard InChI is InChI=1S/C24H27N5O5/c1-24(2,3)20-14-21(28(26-20)17-9-11-19(34-5)12-10-17)25-22(30)15-27(4)23(31)16-7-6-8-18(13-16)29(32)33/h6-14H,15H2,1-5H3,(H,25,30). The Kier molecular flexibility index (Phi) is 7.00. The highest BCUT2D eigenvalue weighted by atomic mass is 16.6. The fraction of sp³-hybridized carbons (Fsp3) is 0.292. The molecule has 0 saturated heterocycles. The zero-order chi connectivity index (χ0) is 25.0. The number of nitro groups is 1. The summed E-state index contributed by atoms with van der Waals surface area (Å²) in [5, 5.41) is 18.5. The van der Waals surface area contributed by atoms with Crippen molar-refractivity contribution in [3.05, 3.63) is 76.0 Å². The van der Waals surface area contributed by atoms with E-state index in [9.17, 15) is 19.7 Å². The molecule has 0 spiro atoms. The number of likely N-dealkylation sites (N-methyl/N-ethyl adjacent to an activating group) is 1. The average molecular weight is 466 g/mol. The van der Waals surface area contributed by atoms with E-state index in [1.54, 1.807) is 30.0 Å². The Morgan fingerprint density at radius 2 is 1.82 bits per heavy atom. The van der Waals surface area contributed by atoms with E-state index < -0.39 is 16.7 Å². The highest BCUT2D eigenvalue weighted by Crippen LogP contribution is 2.27. The molecule has 2 aromatic carbocycles. The Morgan fingerprint density at radius 3 is 2.41 bits per heavy atom. The molecule has 10 nitrogen and oxygen atoms in total. The van der Waals surface area contributed by atoms with Crippen molar-refractivity contribution < 1.29 is 19.2 Å². The highest BCUT2D eigenvalue weighted by molar-refractivity contribution is 5.99. The van der Waals surface area contributed by atoms with Crippen molar-refractivity contribution in [1.82, 2.24) is 14.7 Å². The first-order valence-corrected chi connectivity index (χ1v) is 10.5. The molecule has 0 aliphatic carbocycles. The zero-order valence-electron chi connectivity index (χ0n) is 19.7. The molecule has 0 unspecified atom stereocenters. The van der Waals surface area contributed by atoms with E-state index in [0.717, 1.165) is 11.4 Å². The smallest absolute Gasteiger partial charge is 0.270 e. The van der Waals surface area contributed by atoms with E-state index in [2.05, 4.69) is 10.4 Å². The number of methoxy groups -OCH3 is 1. The number of carbonyl (C=O) groups excluding carboxylic acids is 2. The molecule has 2 amide bonds. The summed E-state index contributed by atoms with van der Waals surface area (Å²) in [6, 6.07) is 14.4. The minimum absolute atomic E-state index is 0.128. The van der Waals surface area contributed by atoms with Gasteiger partial charge in [0.2, 0.25) is 5.91 Å². The average Bonchev–Trinajstić information content (AvgIpc) is 3.22. The van der Waals surface area contributed by atoms with Gasteiger partial charge >= 0.3 is 0 Å². The molecule has 178 valence electrons. The van der Waals surface area contributed by atoms with Gasteiger partial charge in [-0.25, -0.2) is 4.68 Å². The first-order valence-electron chi connectivity index (χ1n) is 10.5. The molecule has 0 aliphatic heterocycles. The first-order chi connectivity index (χ1) is 16.0. The van der Waals surface area contributed by atoms with E-state index >= 15 is 0 Å². The third-order valence-electron chi connectivity index (χ3n) is 5.09. The monoisotopic (exact) mass is 465 g/mol. The second-order valence-corrected chi connectivity index (χ2v) is 8.79. The van der Waals surface area contributed by atoms with Crippen molar-refractivity contribution in [3.63, 3.8) is 0 Å². The second kappa shape index (κ2) is 9.74. The third kappa shape index (κ3) is 5.58. The van der Waals surface area contributed by atoms with Crippen LogP contribution in [0.3, 0.4) is 0 Å². The summed E-state index contributed by atoms with van der Waals surface area (Å²) in [7, 11) is 3.04. The van der Waals surface area contributed by atoms with E-state index in [1.807, 2.05) is 32.9 Å². The van der Waals surface area contributed by atoms with Crippen LogP contribution in [-0.2, 0) is 10.2 Å². The molecule has 0 aliphatic rings. The number of nitrogens with zero attached hydrogens (tertiary/aromatic N) is 4. The predicted octanol–water partition coefficient (Wildman–Crippen LogP) is 3.80. The minimum atomic E-state index is -0.573.